The van der Waals surface area contributed by atoms with E-state index in [1.165, 1.54) is 42.9 Å². The molecule has 2 nitrogen and oxygen atoms in total. The molecule has 0 aliphatic rings. The van der Waals surface area contributed by atoms with Gasteiger partial charge in [0.05, 0.1) is 12.4 Å². The molecule has 0 aliphatic heterocycles. The molecule has 166 valence electrons. The van der Waals surface area contributed by atoms with E-state index in [9.17, 15) is 4.39 Å². The zero-order valence-electron chi connectivity index (χ0n) is 19.2. The van der Waals surface area contributed by atoms with E-state index in [1.54, 1.807) is 12.4 Å². The smallest absolute Gasteiger partial charge is 0.131 e. The van der Waals surface area contributed by atoms with Crippen molar-refractivity contribution in [2.75, 3.05) is 0 Å². The van der Waals surface area contributed by atoms with Crippen LogP contribution in [0.4, 0.5) is 4.39 Å². The Morgan fingerprint density at radius 2 is 1.28 bits per heavy atom. The van der Waals surface area contributed by atoms with Crippen molar-refractivity contribution in [2.24, 2.45) is 10.2 Å². The number of hydrogen-bond donors (Lipinski definition) is 0. The van der Waals surface area contributed by atoms with E-state index in [4.69, 9.17) is 0 Å². The van der Waals surface area contributed by atoms with Gasteiger partial charge in [-0.15, -0.1) is 0 Å². The van der Waals surface area contributed by atoms with Gasteiger partial charge in [0.1, 0.15) is 5.82 Å². The molecule has 0 aliphatic carbocycles. The van der Waals surface area contributed by atoms with E-state index in [-0.39, 0.29) is 5.82 Å². The molecule has 32 heavy (non-hydrogen) atoms. The Balaban J connectivity index is 1.58. The monoisotopic (exact) mass is 428 g/mol. The third kappa shape index (κ3) is 7.26. The highest BCUT2D eigenvalue weighted by molar-refractivity contribution is 5.83. The van der Waals surface area contributed by atoms with Crippen molar-refractivity contribution in [2.45, 2.75) is 58.8 Å². The molecule has 0 N–H and O–H groups in total. The van der Waals surface area contributed by atoms with Crippen molar-refractivity contribution >= 4 is 12.4 Å². The van der Waals surface area contributed by atoms with Gasteiger partial charge in [-0.05, 0) is 53.1 Å². The van der Waals surface area contributed by atoms with Gasteiger partial charge in [-0.25, -0.2) is 4.39 Å². The molecule has 3 aromatic carbocycles. The van der Waals surface area contributed by atoms with E-state index in [0.717, 1.165) is 30.4 Å². The zero-order chi connectivity index (χ0) is 22.6. The summed E-state index contributed by atoms with van der Waals surface area (Å²) in [6.45, 7) is 4.40. The maximum Gasteiger partial charge on any atom is 0.131 e. The Kier molecular flexibility index (Phi) is 9.37. The highest BCUT2D eigenvalue weighted by atomic mass is 19.1. The van der Waals surface area contributed by atoms with E-state index >= 15 is 0 Å². The highest BCUT2D eigenvalue weighted by Gasteiger charge is 2.06. The maximum absolute atomic E-state index is 14.7. The predicted molar refractivity (Wildman–Crippen MR) is 135 cm³/mol. The second kappa shape index (κ2) is 12.7. The van der Waals surface area contributed by atoms with Crippen molar-refractivity contribution in [1.82, 2.24) is 0 Å². The number of benzene rings is 3. The normalized spacial score (nSPS) is 11.6. The summed E-state index contributed by atoms with van der Waals surface area (Å²) in [4.78, 5) is 0. The molecule has 0 saturated heterocycles. The molecule has 0 saturated carbocycles. The Morgan fingerprint density at radius 3 is 1.94 bits per heavy atom. The molecule has 0 radical (unpaired) electrons. The first-order valence-corrected chi connectivity index (χ1v) is 11.7. The minimum Gasteiger partial charge on any atom is -0.206 e. The fourth-order valence-electron chi connectivity index (χ4n) is 3.71. The Labute approximate surface area is 191 Å². The van der Waals surface area contributed by atoms with Gasteiger partial charge in [0, 0.05) is 5.56 Å². The van der Waals surface area contributed by atoms with E-state index in [2.05, 4.69) is 48.3 Å². The Morgan fingerprint density at radius 1 is 0.656 bits per heavy atom. The second-order valence-corrected chi connectivity index (χ2v) is 8.23. The van der Waals surface area contributed by atoms with Gasteiger partial charge in [0.15, 0.2) is 0 Å². The average Bonchev–Trinajstić information content (AvgIpc) is 2.81. The standard InChI is InChI=1S/C29H33FN2/c1-3-5-6-7-9-24-14-17-27(18-15-24)28-19-16-26(20-29(28)30)22-32-31-21-25-12-10-23(8-4-2)11-13-25/h10-22H,3-9H2,1-2H3. The van der Waals surface area contributed by atoms with Crippen LogP contribution < -0.4 is 0 Å². The minimum absolute atomic E-state index is 0.250. The SMILES string of the molecule is CCCCCCc1ccc(-c2ccc(C=NN=Cc3ccc(CCC)cc3)cc2F)cc1. The van der Waals surface area contributed by atoms with Crippen LogP contribution in [0.5, 0.6) is 0 Å². The summed E-state index contributed by atoms with van der Waals surface area (Å²) in [6.07, 6.45) is 11.6. The summed E-state index contributed by atoms with van der Waals surface area (Å²) in [5.41, 5.74) is 5.83. The molecular weight excluding hydrogens is 395 g/mol. The van der Waals surface area contributed by atoms with Gasteiger partial charge in [0.25, 0.3) is 0 Å². The summed E-state index contributed by atoms with van der Waals surface area (Å²) in [7, 11) is 0. The highest BCUT2D eigenvalue weighted by Crippen LogP contribution is 2.24. The molecule has 3 aromatic rings. The topological polar surface area (TPSA) is 24.7 Å². The molecule has 0 aromatic heterocycles. The molecule has 0 fully saturated rings. The lowest BCUT2D eigenvalue weighted by Gasteiger charge is -2.06. The van der Waals surface area contributed by atoms with Crippen molar-refractivity contribution in [3.8, 4) is 11.1 Å². The predicted octanol–water partition coefficient (Wildman–Crippen LogP) is 8.02. The zero-order valence-corrected chi connectivity index (χ0v) is 19.2. The molecule has 3 heteroatoms. The number of hydrogen-bond acceptors (Lipinski definition) is 2. The lowest BCUT2D eigenvalue weighted by molar-refractivity contribution is 0.631. The van der Waals surface area contributed by atoms with Crippen LogP contribution in [0.15, 0.2) is 76.9 Å². The van der Waals surface area contributed by atoms with Crippen LogP contribution in [0.3, 0.4) is 0 Å². The first kappa shape index (κ1) is 23.6. The van der Waals surface area contributed by atoms with Gasteiger partial charge >= 0.3 is 0 Å². The summed E-state index contributed by atoms with van der Waals surface area (Å²) < 4.78 is 14.7. The van der Waals surface area contributed by atoms with Crippen LogP contribution in [0.2, 0.25) is 0 Å². The number of rotatable bonds is 11. The first-order valence-electron chi connectivity index (χ1n) is 11.7. The summed E-state index contributed by atoms with van der Waals surface area (Å²) in [5, 5.41) is 8.16. The summed E-state index contributed by atoms with van der Waals surface area (Å²) >= 11 is 0. The van der Waals surface area contributed by atoms with Crippen LogP contribution in [0, 0.1) is 5.82 Å². The molecule has 0 bridgehead atoms. The quantitative estimate of drug-likeness (QED) is 0.168. The minimum atomic E-state index is -0.250. The summed E-state index contributed by atoms with van der Waals surface area (Å²) in [5.74, 6) is -0.250. The van der Waals surface area contributed by atoms with Crippen molar-refractivity contribution in [3.63, 3.8) is 0 Å². The van der Waals surface area contributed by atoms with Crippen molar-refractivity contribution in [1.29, 1.82) is 0 Å². The number of nitrogens with zero attached hydrogens (tertiary/aromatic N) is 2. The fourth-order valence-corrected chi connectivity index (χ4v) is 3.71. The maximum atomic E-state index is 14.7. The van der Waals surface area contributed by atoms with Crippen LogP contribution in [-0.4, -0.2) is 12.4 Å². The molecule has 0 amide bonds. The third-order valence-corrected chi connectivity index (χ3v) is 5.58. The number of aryl methyl sites for hydroxylation is 2. The molecule has 0 spiro atoms. The largest absolute Gasteiger partial charge is 0.206 e. The molecule has 3 rings (SSSR count). The molecular formula is C29H33FN2. The number of unbranched alkanes of at least 4 members (excludes halogenated alkanes) is 3. The van der Waals surface area contributed by atoms with Crippen molar-refractivity contribution < 1.29 is 4.39 Å². The Bertz CT molecular complexity index is 1020. The lowest BCUT2D eigenvalue weighted by atomic mass is 10.00. The molecule has 0 unspecified atom stereocenters. The lowest BCUT2D eigenvalue weighted by Crippen LogP contribution is -1.90. The summed E-state index contributed by atoms with van der Waals surface area (Å²) in [6, 6.07) is 21.7. The van der Waals surface area contributed by atoms with E-state index in [0.29, 0.717) is 11.1 Å². The van der Waals surface area contributed by atoms with Gasteiger partial charge in [0.2, 0.25) is 0 Å². The molecule has 0 heterocycles. The van der Waals surface area contributed by atoms with E-state index < -0.39 is 0 Å². The van der Waals surface area contributed by atoms with Crippen LogP contribution in [-0.2, 0) is 12.8 Å². The van der Waals surface area contributed by atoms with Crippen molar-refractivity contribution in [3.05, 3.63) is 94.8 Å². The van der Waals surface area contributed by atoms with Gasteiger partial charge in [-0.2, -0.15) is 10.2 Å². The van der Waals surface area contributed by atoms with Crippen LogP contribution in [0.25, 0.3) is 11.1 Å². The van der Waals surface area contributed by atoms with Crippen LogP contribution >= 0.6 is 0 Å². The van der Waals surface area contributed by atoms with Gasteiger partial charge < -0.3 is 0 Å². The Hall–Kier alpha value is -3.07. The van der Waals surface area contributed by atoms with Crippen LogP contribution in [0.1, 0.15) is 68.2 Å². The van der Waals surface area contributed by atoms with E-state index in [1.807, 2.05) is 36.4 Å². The molecule has 0 atom stereocenters. The fraction of sp³-hybridized carbons (Fsp3) is 0.310. The van der Waals surface area contributed by atoms with Gasteiger partial charge in [-0.1, -0.05) is 100 Å². The number of halogens is 1. The average molecular weight is 429 g/mol. The van der Waals surface area contributed by atoms with Gasteiger partial charge in [-0.3, -0.25) is 0 Å². The third-order valence-electron chi connectivity index (χ3n) is 5.58. The second-order valence-electron chi connectivity index (χ2n) is 8.23. The first-order chi connectivity index (χ1) is 15.7.